The minimum absolute atomic E-state index is 0.0171. The van der Waals surface area contributed by atoms with Crippen LogP contribution in [0.5, 0.6) is 0 Å². The third-order valence-corrected chi connectivity index (χ3v) is 2.19. The van der Waals surface area contributed by atoms with Crippen LogP contribution >= 0.6 is 11.6 Å². The quantitative estimate of drug-likeness (QED) is 0.867. The highest BCUT2D eigenvalue weighted by molar-refractivity contribution is 6.30. The van der Waals surface area contributed by atoms with Gasteiger partial charge in [0.1, 0.15) is 5.60 Å². The lowest BCUT2D eigenvalue weighted by molar-refractivity contribution is -0.135. The molecule has 0 saturated heterocycles. The van der Waals surface area contributed by atoms with Crippen LogP contribution in [0.15, 0.2) is 23.3 Å². The summed E-state index contributed by atoms with van der Waals surface area (Å²) in [4.78, 5) is 30.1. The molecule has 0 atom stereocenters. The Labute approximate surface area is 121 Å². The van der Waals surface area contributed by atoms with E-state index in [0.717, 1.165) is 0 Å². The van der Waals surface area contributed by atoms with E-state index >= 15 is 0 Å². The van der Waals surface area contributed by atoms with Crippen molar-refractivity contribution in [2.45, 2.75) is 32.8 Å². The van der Waals surface area contributed by atoms with Crippen molar-refractivity contribution in [3.8, 4) is 0 Å². The van der Waals surface area contributed by atoms with Gasteiger partial charge in [0.05, 0.1) is 22.8 Å². The van der Waals surface area contributed by atoms with Crippen molar-refractivity contribution >= 4 is 29.4 Å². The van der Waals surface area contributed by atoms with Crippen LogP contribution < -0.4 is 0 Å². The number of carbonyl (C=O) groups is 2. The van der Waals surface area contributed by atoms with E-state index in [4.69, 9.17) is 21.4 Å². The highest BCUT2D eigenvalue weighted by Gasteiger charge is 2.18. The zero-order chi connectivity index (χ0) is 15.3. The highest BCUT2D eigenvalue weighted by Crippen LogP contribution is 2.12. The predicted octanol–water partition coefficient (Wildman–Crippen LogP) is 2.93. The van der Waals surface area contributed by atoms with Crippen molar-refractivity contribution in [2.24, 2.45) is 4.99 Å². The molecule has 7 heteroatoms. The Bertz CT molecular complexity index is 532. The first-order chi connectivity index (χ1) is 9.17. The van der Waals surface area contributed by atoms with E-state index in [1.807, 2.05) is 0 Å². The molecule has 0 fully saturated rings. The van der Waals surface area contributed by atoms with Crippen LogP contribution in [-0.2, 0) is 9.53 Å². The standard InChI is InChI=1S/C13H15ClN2O4/c1-13(2,3)20-12(19)16-10(6-11(17)18)9-5-4-8(14)7-15-9/h4-5,7H,6H2,1-3H3,(H,17,18)/b16-10-. The number of hydrogen-bond donors (Lipinski definition) is 1. The van der Waals surface area contributed by atoms with Crippen LogP contribution in [0.3, 0.4) is 0 Å². The van der Waals surface area contributed by atoms with Crippen molar-refractivity contribution in [3.63, 3.8) is 0 Å². The van der Waals surface area contributed by atoms with Crippen LogP contribution in [0, 0.1) is 0 Å². The molecule has 1 heterocycles. The maximum absolute atomic E-state index is 11.6. The van der Waals surface area contributed by atoms with Gasteiger partial charge in [0, 0.05) is 6.20 Å². The molecule has 0 radical (unpaired) electrons. The summed E-state index contributed by atoms with van der Waals surface area (Å²) in [6.07, 6.45) is 0.0579. The van der Waals surface area contributed by atoms with Crippen LogP contribution in [0.2, 0.25) is 5.02 Å². The van der Waals surface area contributed by atoms with E-state index in [-0.39, 0.29) is 11.4 Å². The molecule has 20 heavy (non-hydrogen) atoms. The predicted molar refractivity (Wildman–Crippen MR) is 74.3 cm³/mol. The normalized spacial score (nSPS) is 12.1. The molecule has 1 rings (SSSR count). The van der Waals surface area contributed by atoms with Gasteiger partial charge in [-0.25, -0.2) is 4.79 Å². The maximum Gasteiger partial charge on any atom is 0.434 e. The van der Waals surface area contributed by atoms with Crippen molar-refractivity contribution < 1.29 is 19.4 Å². The molecule has 0 saturated carbocycles. The van der Waals surface area contributed by atoms with E-state index in [9.17, 15) is 9.59 Å². The van der Waals surface area contributed by atoms with Gasteiger partial charge in [-0.3, -0.25) is 9.78 Å². The summed E-state index contributed by atoms with van der Waals surface area (Å²) in [5.74, 6) is -1.12. The number of nitrogens with zero attached hydrogens (tertiary/aromatic N) is 2. The van der Waals surface area contributed by atoms with Crippen molar-refractivity contribution in [1.82, 2.24) is 4.98 Å². The van der Waals surface area contributed by atoms with Crippen molar-refractivity contribution in [3.05, 3.63) is 29.0 Å². The van der Waals surface area contributed by atoms with E-state index < -0.39 is 24.1 Å². The number of hydrogen-bond acceptors (Lipinski definition) is 4. The lowest BCUT2D eigenvalue weighted by Gasteiger charge is -2.17. The SMILES string of the molecule is CC(C)(C)OC(=O)/N=C(/CC(=O)O)c1ccc(Cl)cn1. The number of carboxylic acid groups (broad SMARTS) is 1. The number of rotatable bonds is 3. The summed E-state index contributed by atoms with van der Waals surface area (Å²) in [5.41, 5.74) is -0.423. The van der Waals surface area contributed by atoms with Gasteiger partial charge in [0.15, 0.2) is 0 Å². The molecule has 0 spiro atoms. The fourth-order valence-electron chi connectivity index (χ4n) is 1.27. The molecule has 1 amide bonds. The summed E-state index contributed by atoms with van der Waals surface area (Å²) < 4.78 is 5.02. The third-order valence-electron chi connectivity index (χ3n) is 1.96. The van der Waals surface area contributed by atoms with Crippen LogP contribution in [0.4, 0.5) is 4.79 Å². The zero-order valence-corrected chi connectivity index (χ0v) is 12.1. The molecule has 0 aliphatic rings. The first kappa shape index (κ1) is 16.1. The van der Waals surface area contributed by atoms with Crippen LogP contribution in [0.25, 0.3) is 0 Å². The van der Waals surface area contributed by atoms with E-state index in [2.05, 4.69) is 9.98 Å². The topological polar surface area (TPSA) is 88.8 Å². The number of carboxylic acids is 1. The van der Waals surface area contributed by atoms with E-state index in [0.29, 0.717) is 5.02 Å². The molecule has 0 unspecified atom stereocenters. The van der Waals surface area contributed by atoms with Gasteiger partial charge in [0.25, 0.3) is 0 Å². The number of halogens is 1. The summed E-state index contributed by atoms with van der Waals surface area (Å²) in [6, 6.07) is 3.03. The Balaban J connectivity index is 3.03. The zero-order valence-electron chi connectivity index (χ0n) is 11.4. The van der Waals surface area contributed by atoms with Crippen molar-refractivity contribution in [2.75, 3.05) is 0 Å². The summed E-state index contributed by atoms with van der Waals surface area (Å²) >= 11 is 5.70. The fourth-order valence-corrected chi connectivity index (χ4v) is 1.38. The third kappa shape index (κ3) is 5.79. The number of pyridine rings is 1. The monoisotopic (exact) mass is 298 g/mol. The minimum atomic E-state index is -1.12. The Morgan fingerprint density at radius 3 is 2.50 bits per heavy atom. The summed E-state index contributed by atoms with van der Waals surface area (Å²) in [6.45, 7) is 5.08. The van der Waals surface area contributed by atoms with E-state index in [1.165, 1.54) is 18.3 Å². The lowest BCUT2D eigenvalue weighted by atomic mass is 10.2. The van der Waals surface area contributed by atoms with Gasteiger partial charge < -0.3 is 9.84 Å². The second-order valence-electron chi connectivity index (χ2n) is 4.97. The molecular formula is C13H15ClN2O4. The molecular weight excluding hydrogens is 284 g/mol. The molecule has 0 bridgehead atoms. The number of amides is 1. The average molecular weight is 299 g/mol. The molecule has 108 valence electrons. The van der Waals surface area contributed by atoms with Gasteiger partial charge in [-0.1, -0.05) is 11.6 Å². The summed E-state index contributed by atoms with van der Waals surface area (Å²) in [7, 11) is 0. The molecule has 1 aromatic rings. The molecule has 0 aliphatic carbocycles. The molecule has 0 aliphatic heterocycles. The second-order valence-corrected chi connectivity index (χ2v) is 5.41. The number of aromatic nitrogens is 1. The summed E-state index contributed by atoms with van der Waals surface area (Å²) in [5, 5.41) is 9.26. The Kier molecular flexibility index (Phi) is 5.21. The fraction of sp³-hybridized carbons (Fsp3) is 0.385. The Morgan fingerprint density at radius 1 is 1.40 bits per heavy atom. The largest absolute Gasteiger partial charge is 0.481 e. The highest BCUT2D eigenvalue weighted by atomic mass is 35.5. The van der Waals surface area contributed by atoms with Crippen LogP contribution in [0.1, 0.15) is 32.9 Å². The van der Waals surface area contributed by atoms with Gasteiger partial charge in [-0.2, -0.15) is 4.99 Å². The number of ether oxygens (including phenoxy) is 1. The van der Waals surface area contributed by atoms with Gasteiger partial charge >= 0.3 is 12.1 Å². The molecule has 1 aromatic heterocycles. The van der Waals surface area contributed by atoms with E-state index in [1.54, 1.807) is 20.8 Å². The van der Waals surface area contributed by atoms with Crippen molar-refractivity contribution in [1.29, 1.82) is 0 Å². The Morgan fingerprint density at radius 2 is 2.05 bits per heavy atom. The molecule has 0 aromatic carbocycles. The maximum atomic E-state index is 11.6. The molecule has 1 N–H and O–H groups in total. The first-order valence-corrected chi connectivity index (χ1v) is 6.19. The van der Waals surface area contributed by atoms with Gasteiger partial charge in [-0.15, -0.1) is 0 Å². The van der Waals surface area contributed by atoms with Gasteiger partial charge in [-0.05, 0) is 32.9 Å². The first-order valence-electron chi connectivity index (χ1n) is 5.81. The number of aliphatic imine (C=N–C) groups is 1. The molecule has 6 nitrogen and oxygen atoms in total. The number of carbonyl (C=O) groups excluding carboxylic acids is 1. The second kappa shape index (κ2) is 6.47. The van der Waals surface area contributed by atoms with Gasteiger partial charge in [0.2, 0.25) is 0 Å². The lowest BCUT2D eigenvalue weighted by Crippen LogP contribution is -2.23. The average Bonchev–Trinajstić information content (AvgIpc) is 2.25. The Hall–Kier alpha value is -1.95. The number of aliphatic carboxylic acids is 1. The smallest absolute Gasteiger partial charge is 0.434 e. The van der Waals surface area contributed by atoms with Crippen LogP contribution in [-0.4, -0.2) is 33.5 Å². The minimum Gasteiger partial charge on any atom is -0.481 e.